The molecule has 1 aromatic carbocycles. The first-order valence-corrected chi connectivity index (χ1v) is 8.04. The molecule has 2 aromatic rings. The Labute approximate surface area is 120 Å². The van der Waals surface area contributed by atoms with E-state index < -0.39 is 10.0 Å². The summed E-state index contributed by atoms with van der Waals surface area (Å²) < 4.78 is 31.7. The molecule has 1 aromatic heterocycles. The lowest BCUT2D eigenvalue weighted by molar-refractivity contribution is 0.414. The molecule has 20 heavy (non-hydrogen) atoms. The summed E-state index contributed by atoms with van der Waals surface area (Å²) in [5.74, 6) is 0.705. The van der Waals surface area contributed by atoms with Crippen LogP contribution in [0.5, 0.6) is 5.75 Å². The summed E-state index contributed by atoms with van der Waals surface area (Å²) in [6, 6.07) is 7.05. The van der Waals surface area contributed by atoms with Gasteiger partial charge in [0.25, 0.3) is 10.0 Å². The molecule has 0 aliphatic carbocycles. The fraction of sp³-hybridized carbons (Fsp3) is 0.250. The minimum atomic E-state index is -3.68. The number of methoxy groups -OCH3 is 1. The maximum absolute atomic E-state index is 12.1. The Morgan fingerprint density at radius 2 is 1.95 bits per heavy atom. The molecule has 0 spiro atoms. The maximum atomic E-state index is 12.1. The molecule has 0 aliphatic heterocycles. The van der Waals surface area contributed by atoms with Crippen molar-refractivity contribution in [2.75, 3.05) is 7.11 Å². The Balaban J connectivity index is 2.12. The van der Waals surface area contributed by atoms with Crippen molar-refractivity contribution < 1.29 is 13.2 Å². The Bertz CT molecular complexity index is 745. The topological polar surface area (TPSA) is 88.3 Å². The van der Waals surface area contributed by atoms with Crippen LogP contribution < -0.4 is 14.3 Å². The molecule has 0 atom stereocenters. The number of benzene rings is 1. The molecule has 1 heterocycles. The molecule has 0 radical (unpaired) electrons. The van der Waals surface area contributed by atoms with Crippen molar-refractivity contribution in [2.45, 2.75) is 17.7 Å². The number of rotatable bonds is 5. The number of ether oxygens (including phenoxy) is 1. The smallest absolute Gasteiger partial charge is 0.305 e. The third-order valence-corrected chi connectivity index (χ3v) is 5.66. The highest BCUT2D eigenvalue weighted by Gasteiger charge is 2.20. The van der Waals surface area contributed by atoms with E-state index in [4.69, 9.17) is 4.74 Å². The van der Waals surface area contributed by atoms with Gasteiger partial charge in [-0.05, 0) is 24.6 Å². The predicted octanol–water partition coefficient (Wildman–Crippen LogP) is 1.23. The number of hydrogen-bond acceptors (Lipinski definition) is 5. The van der Waals surface area contributed by atoms with Crippen molar-refractivity contribution in [3.8, 4) is 5.75 Å². The molecular formula is C12H14N2O4S2. The minimum absolute atomic E-state index is 0.0241. The summed E-state index contributed by atoms with van der Waals surface area (Å²) in [5, 5.41) is 0. The lowest BCUT2D eigenvalue weighted by Gasteiger charge is -2.06. The first kappa shape index (κ1) is 14.8. The molecule has 0 saturated heterocycles. The molecule has 108 valence electrons. The summed E-state index contributed by atoms with van der Waals surface area (Å²) in [7, 11) is -2.11. The fourth-order valence-corrected chi connectivity index (χ4v) is 4.00. The van der Waals surface area contributed by atoms with Crippen LogP contribution in [-0.2, 0) is 16.6 Å². The van der Waals surface area contributed by atoms with E-state index in [0.29, 0.717) is 22.8 Å². The Hall–Kier alpha value is -1.64. The summed E-state index contributed by atoms with van der Waals surface area (Å²) in [5.41, 5.74) is 1.15. The molecule has 0 unspecified atom stereocenters. The van der Waals surface area contributed by atoms with Crippen molar-refractivity contribution in [1.29, 1.82) is 0 Å². The van der Waals surface area contributed by atoms with E-state index in [2.05, 4.69) is 9.71 Å². The molecule has 2 rings (SSSR count). The van der Waals surface area contributed by atoms with E-state index in [-0.39, 0.29) is 15.6 Å². The van der Waals surface area contributed by atoms with Gasteiger partial charge in [0.2, 0.25) is 0 Å². The van der Waals surface area contributed by atoms with E-state index in [1.54, 1.807) is 38.3 Å². The Kier molecular flexibility index (Phi) is 4.26. The third-order valence-electron chi connectivity index (χ3n) is 2.65. The highest BCUT2D eigenvalue weighted by molar-refractivity contribution is 7.91. The van der Waals surface area contributed by atoms with E-state index in [0.717, 1.165) is 5.56 Å². The molecule has 0 saturated carbocycles. The van der Waals surface area contributed by atoms with Crippen molar-refractivity contribution in [1.82, 2.24) is 9.71 Å². The normalized spacial score (nSPS) is 11.5. The van der Waals surface area contributed by atoms with Gasteiger partial charge in [-0.3, -0.25) is 4.79 Å². The van der Waals surface area contributed by atoms with Crippen LogP contribution in [0.2, 0.25) is 0 Å². The van der Waals surface area contributed by atoms with Gasteiger partial charge in [-0.25, -0.2) is 13.1 Å². The number of thiazole rings is 1. The van der Waals surface area contributed by atoms with Gasteiger partial charge in [0.1, 0.15) is 5.75 Å². The van der Waals surface area contributed by atoms with E-state index in [1.165, 1.54) is 0 Å². The van der Waals surface area contributed by atoms with Crippen LogP contribution in [0.15, 0.2) is 33.3 Å². The average molecular weight is 314 g/mol. The number of sulfonamides is 1. The molecule has 8 heteroatoms. The highest BCUT2D eigenvalue weighted by atomic mass is 32.2. The highest BCUT2D eigenvalue weighted by Crippen LogP contribution is 2.16. The molecule has 0 bridgehead atoms. The molecule has 0 fully saturated rings. The Morgan fingerprint density at radius 1 is 1.30 bits per heavy atom. The van der Waals surface area contributed by atoms with Crippen LogP contribution in [0.4, 0.5) is 0 Å². The van der Waals surface area contributed by atoms with Crippen molar-refractivity contribution >= 4 is 21.4 Å². The van der Waals surface area contributed by atoms with Gasteiger partial charge in [-0.2, -0.15) is 0 Å². The lowest BCUT2D eigenvalue weighted by atomic mass is 10.2. The SMILES string of the molecule is COc1ccc(CNS(=O)(=O)c2sc(=O)[nH]c2C)cc1. The van der Waals surface area contributed by atoms with Crippen molar-refractivity contribution in [3.05, 3.63) is 45.2 Å². The number of aromatic amines is 1. The first-order chi connectivity index (χ1) is 9.42. The maximum Gasteiger partial charge on any atom is 0.305 e. The van der Waals surface area contributed by atoms with Crippen LogP contribution in [-0.4, -0.2) is 20.5 Å². The second kappa shape index (κ2) is 5.78. The standard InChI is InChI=1S/C12H14N2O4S2/c1-8-11(19-12(15)14-8)20(16,17)13-7-9-3-5-10(18-2)6-4-9/h3-6,13H,7H2,1-2H3,(H,14,15). The minimum Gasteiger partial charge on any atom is -0.497 e. The monoisotopic (exact) mass is 314 g/mol. The number of nitrogens with one attached hydrogen (secondary N) is 2. The Morgan fingerprint density at radius 3 is 2.45 bits per heavy atom. The fourth-order valence-electron chi connectivity index (χ4n) is 1.63. The van der Waals surface area contributed by atoms with Gasteiger partial charge in [0.15, 0.2) is 4.21 Å². The van der Waals surface area contributed by atoms with Gasteiger partial charge in [-0.15, -0.1) is 0 Å². The largest absolute Gasteiger partial charge is 0.497 e. The van der Waals surface area contributed by atoms with Crippen LogP contribution in [0.25, 0.3) is 0 Å². The quantitative estimate of drug-likeness (QED) is 0.869. The van der Waals surface area contributed by atoms with Gasteiger partial charge in [-0.1, -0.05) is 23.5 Å². The van der Waals surface area contributed by atoms with Crippen molar-refractivity contribution in [3.63, 3.8) is 0 Å². The summed E-state index contributed by atoms with van der Waals surface area (Å²) in [4.78, 5) is 13.2. The van der Waals surface area contributed by atoms with Crippen LogP contribution >= 0.6 is 11.3 Å². The number of aryl methyl sites for hydroxylation is 1. The zero-order chi connectivity index (χ0) is 14.8. The molecular weight excluding hydrogens is 300 g/mol. The average Bonchev–Trinajstić information content (AvgIpc) is 2.77. The van der Waals surface area contributed by atoms with Gasteiger partial charge >= 0.3 is 4.87 Å². The van der Waals surface area contributed by atoms with Crippen LogP contribution in [0.3, 0.4) is 0 Å². The van der Waals surface area contributed by atoms with E-state index in [9.17, 15) is 13.2 Å². The van der Waals surface area contributed by atoms with Crippen LogP contribution in [0.1, 0.15) is 11.3 Å². The van der Waals surface area contributed by atoms with Gasteiger partial charge in [0, 0.05) is 12.2 Å². The summed E-state index contributed by atoms with van der Waals surface area (Å²) in [6.07, 6.45) is 0. The zero-order valence-corrected chi connectivity index (χ0v) is 12.6. The third kappa shape index (κ3) is 3.27. The summed E-state index contributed by atoms with van der Waals surface area (Å²) >= 11 is 0.681. The number of hydrogen-bond donors (Lipinski definition) is 2. The first-order valence-electron chi connectivity index (χ1n) is 5.74. The van der Waals surface area contributed by atoms with Gasteiger partial charge in [0.05, 0.1) is 7.11 Å². The summed E-state index contributed by atoms with van der Waals surface area (Å²) in [6.45, 7) is 1.71. The molecule has 0 aliphatic rings. The second-order valence-corrected chi connectivity index (χ2v) is 7.04. The van der Waals surface area contributed by atoms with Crippen LogP contribution in [0, 0.1) is 6.92 Å². The lowest BCUT2D eigenvalue weighted by Crippen LogP contribution is -2.23. The second-order valence-electron chi connectivity index (χ2n) is 4.10. The predicted molar refractivity (Wildman–Crippen MR) is 76.7 cm³/mol. The van der Waals surface area contributed by atoms with E-state index in [1.807, 2.05) is 0 Å². The molecule has 0 amide bonds. The molecule has 6 nitrogen and oxygen atoms in total. The molecule has 2 N–H and O–H groups in total. The van der Waals surface area contributed by atoms with E-state index >= 15 is 0 Å². The number of H-pyrrole nitrogens is 1. The van der Waals surface area contributed by atoms with Gasteiger partial charge < -0.3 is 9.72 Å². The zero-order valence-electron chi connectivity index (χ0n) is 11.0. The number of aromatic nitrogens is 1. The van der Waals surface area contributed by atoms with Crippen molar-refractivity contribution in [2.24, 2.45) is 0 Å².